The molecule has 0 amide bonds. The molecular formula is C8H20N2O. The Balaban J connectivity index is 2.69. The first-order valence-corrected chi connectivity index (χ1v) is 4.46. The highest BCUT2D eigenvalue weighted by Crippen LogP contribution is 2.03. The minimum absolute atomic E-state index is 0.338. The molecule has 0 heterocycles. The van der Waals surface area contributed by atoms with Crippen molar-refractivity contribution in [1.82, 2.24) is 5.43 Å². The van der Waals surface area contributed by atoms with Gasteiger partial charge in [-0.3, -0.25) is 11.3 Å². The number of aliphatic hydroxyl groups is 1. The highest BCUT2D eigenvalue weighted by Gasteiger charge is 1.89. The lowest BCUT2D eigenvalue weighted by Gasteiger charge is -1.99. The molecule has 0 aromatic rings. The van der Waals surface area contributed by atoms with Crippen LogP contribution in [0, 0.1) is 0 Å². The van der Waals surface area contributed by atoms with Crippen molar-refractivity contribution in [3.8, 4) is 0 Å². The van der Waals surface area contributed by atoms with E-state index in [-0.39, 0.29) is 0 Å². The fraction of sp³-hybridized carbons (Fsp3) is 1.00. The van der Waals surface area contributed by atoms with Gasteiger partial charge < -0.3 is 5.11 Å². The van der Waals surface area contributed by atoms with Crippen LogP contribution in [0.5, 0.6) is 0 Å². The summed E-state index contributed by atoms with van der Waals surface area (Å²) in [5, 5.41) is 8.48. The van der Waals surface area contributed by atoms with Crippen LogP contribution in [0.25, 0.3) is 0 Å². The van der Waals surface area contributed by atoms with E-state index in [0.29, 0.717) is 6.61 Å². The monoisotopic (exact) mass is 160 g/mol. The van der Waals surface area contributed by atoms with Crippen LogP contribution in [-0.2, 0) is 0 Å². The number of hydrogen-bond acceptors (Lipinski definition) is 3. The second-order valence-corrected chi connectivity index (χ2v) is 2.80. The molecule has 3 heteroatoms. The summed E-state index contributed by atoms with van der Waals surface area (Å²) in [6.45, 7) is 1.25. The molecule has 0 aromatic heterocycles. The summed E-state index contributed by atoms with van der Waals surface area (Å²) in [4.78, 5) is 0. The van der Waals surface area contributed by atoms with E-state index < -0.39 is 0 Å². The first-order chi connectivity index (χ1) is 5.41. The summed E-state index contributed by atoms with van der Waals surface area (Å²) >= 11 is 0. The second-order valence-electron chi connectivity index (χ2n) is 2.80. The Morgan fingerprint density at radius 1 is 0.909 bits per heavy atom. The lowest BCUT2D eigenvalue weighted by atomic mass is 10.1. The molecule has 0 unspecified atom stereocenters. The molecule has 0 saturated heterocycles. The average molecular weight is 160 g/mol. The van der Waals surface area contributed by atoms with E-state index >= 15 is 0 Å². The molecule has 68 valence electrons. The van der Waals surface area contributed by atoms with Crippen LogP contribution in [0.4, 0.5) is 0 Å². The molecule has 0 bridgehead atoms. The molecule has 0 aliphatic rings. The van der Waals surface area contributed by atoms with Crippen LogP contribution in [0.1, 0.15) is 38.5 Å². The predicted molar refractivity (Wildman–Crippen MR) is 47.0 cm³/mol. The first kappa shape index (κ1) is 10.9. The van der Waals surface area contributed by atoms with Gasteiger partial charge in [0.15, 0.2) is 0 Å². The van der Waals surface area contributed by atoms with Gasteiger partial charge in [0.05, 0.1) is 0 Å². The van der Waals surface area contributed by atoms with E-state index in [1.807, 2.05) is 0 Å². The Morgan fingerprint density at radius 3 is 2.00 bits per heavy atom. The third kappa shape index (κ3) is 9.88. The van der Waals surface area contributed by atoms with E-state index in [9.17, 15) is 0 Å². The molecule has 0 rings (SSSR count). The Morgan fingerprint density at radius 2 is 1.45 bits per heavy atom. The number of aliphatic hydroxyl groups excluding tert-OH is 1. The Labute approximate surface area is 68.9 Å². The number of unbranched alkanes of at least 4 members (excludes halogenated alkanes) is 5. The molecule has 0 spiro atoms. The van der Waals surface area contributed by atoms with Gasteiger partial charge in [-0.15, -0.1) is 0 Å². The number of nitrogens with two attached hydrogens (primary N) is 1. The summed E-state index contributed by atoms with van der Waals surface area (Å²) < 4.78 is 0. The van der Waals surface area contributed by atoms with Gasteiger partial charge in [0, 0.05) is 13.2 Å². The molecular weight excluding hydrogens is 140 g/mol. The molecule has 0 saturated carbocycles. The zero-order chi connectivity index (χ0) is 8.36. The van der Waals surface area contributed by atoms with Crippen LogP contribution >= 0.6 is 0 Å². The van der Waals surface area contributed by atoms with Gasteiger partial charge in [0.25, 0.3) is 0 Å². The fourth-order valence-corrected chi connectivity index (χ4v) is 1.05. The van der Waals surface area contributed by atoms with E-state index in [0.717, 1.165) is 25.8 Å². The van der Waals surface area contributed by atoms with Gasteiger partial charge in [-0.2, -0.15) is 0 Å². The number of hydrazine groups is 1. The van der Waals surface area contributed by atoms with Gasteiger partial charge >= 0.3 is 0 Å². The molecule has 0 aromatic carbocycles. The van der Waals surface area contributed by atoms with Crippen LogP contribution in [0.3, 0.4) is 0 Å². The molecule has 11 heavy (non-hydrogen) atoms. The van der Waals surface area contributed by atoms with E-state index in [4.69, 9.17) is 10.9 Å². The first-order valence-electron chi connectivity index (χ1n) is 4.46. The fourth-order valence-electron chi connectivity index (χ4n) is 1.05. The van der Waals surface area contributed by atoms with Crippen molar-refractivity contribution in [2.45, 2.75) is 38.5 Å². The maximum Gasteiger partial charge on any atom is 0.0431 e. The zero-order valence-electron chi connectivity index (χ0n) is 7.18. The third-order valence-corrected chi connectivity index (χ3v) is 1.73. The highest BCUT2D eigenvalue weighted by molar-refractivity contribution is 4.45. The van der Waals surface area contributed by atoms with Crippen molar-refractivity contribution in [2.75, 3.05) is 13.2 Å². The zero-order valence-corrected chi connectivity index (χ0v) is 7.18. The lowest BCUT2D eigenvalue weighted by molar-refractivity contribution is 0.282. The minimum Gasteiger partial charge on any atom is -0.396 e. The van der Waals surface area contributed by atoms with Crippen molar-refractivity contribution in [3.05, 3.63) is 0 Å². The van der Waals surface area contributed by atoms with Crippen molar-refractivity contribution < 1.29 is 5.11 Å². The molecule has 3 nitrogen and oxygen atoms in total. The van der Waals surface area contributed by atoms with Gasteiger partial charge in [-0.05, 0) is 12.8 Å². The molecule has 0 aliphatic heterocycles. The van der Waals surface area contributed by atoms with Gasteiger partial charge in [-0.1, -0.05) is 25.7 Å². The van der Waals surface area contributed by atoms with Crippen molar-refractivity contribution in [1.29, 1.82) is 0 Å². The summed E-state index contributed by atoms with van der Waals surface area (Å²) in [7, 11) is 0. The smallest absolute Gasteiger partial charge is 0.0431 e. The topological polar surface area (TPSA) is 58.3 Å². The van der Waals surface area contributed by atoms with E-state index in [1.54, 1.807) is 0 Å². The number of hydrogen-bond donors (Lipinski definition) is 3. The normalized spacial score (nSPS) is 10.4. The van der Waals surface area contributed by atoms with Crippen LogP contribution < -0.4 is 11.3 Å². The van der Waals surface area contributed by atoms with Gasteiger partial charge in [0.2, 0.25) is 0 Å². The average Bonchev–Trinajstić information content (AvgIpc) is 2.03. The number of rotatable bonds is 8. The quantitative estimate of drug-likeness (QED) is 0.279. The second kappa shape index (κ2) is 9.88. The predicted octanol–water partition coefficient (Wildman–Crippen LogP) is 0.783. The highest BCUT2D eigenvalue weighted by atomic mass is 16.2. The summed E-state index contributed by atoms with van der Waals surface area (Å²) in [5.74, 6) is 5.11. The van der Waals surface area contributed by atoms with Crippen molar-refractivity contribution in [3.63, 3.8) is 0 Å². The maximum absolute atomic E-state index is 8.48. The Kier molecular flexibility index (Phi) is 9.77. The lowest BCUT2D eigenvalue weighted by Crippen LogP contribution is -2.22. The van der Waals surface area contributed by atoms with Crippen molar-refractivity contribution >= 4 is 0 Å². The SMILES string of the molecule is NNCCCCCCCCO. The summed E-state index contributed by atoms with van der Waals surface area (Å²) in [6.07, 6.45) is 7.03. The maximum atomic E-state index is 8.48. The van der Waals surface area contributed by atoms with Gasteiger partial charge in [0.1, 0.15) is 0 Å². The molecule has 0 radical (unpaired) electrons. The van der Waals surface area contributed by atoms with Crippen LogP contribution in [0.2, 0.25) is 0 Å². The molecule has 0 fully saturated rings. The Hall–Kier alpha value is -0.120. The molecule has 0 atom stereocenters. The molecule has 4 N–H and O–H groups in total. The third-order valence-electron chi connectivity index (χ3n) is 1.73. The van der Waals surface area contributed by atoms with Gasteiger partial charge in [-0.25, -0.2) is 0 Å². The minimum atomic E-state index is 0.338. The van der Waals surface area contributed by atoms with Crippen LogP contribution in [-0.4, -0.2) is 18.3 Å². The number of nitrogens with one attached hydrogen (secondary N) is 1. The van der Waals surface area contributed by atoms with Crippen LogP contribution in [0.15, 0.2) is 0 Å². The Bertz CT molecular complexity index is 61.1. The largest absolute Gasteiger partial charge is 0.396 e. The molecule has 0 aliphatic carbocycles. The van der Waals surface area contributed by atoms with E-state index in [1.165, 1.54) is 19.3 Å². The van der Waals surface area contributed by atoms with E-state index in [2.05, 4.69) is 5.43 Å². The summed E-state index contributed by atoms with van der Waals surface area (Å²) in [5.41, 5.74) is 2.63. The summed E-state index contributed by atoms with van der Waals surface area (Å²) in [6, 6.07) is 0. The van der Waals surface area contributed by atoms with Crippen molar-refractivity contribution in [2.24, 2.45) is 5.84 Å². The standard InChI is InChI=1S/C8H20N2O/c9-10-7-5-3-1-2-4-6-8-11/h10-11H,1-9H2.